The van der Waals surface area contributed by atoms with E-state index in [9.17, 15) is 4.79 Å². The van der Waals surface area contributed by atoms with Crippen LogP contribution >= 0.6 is 0 Å². The van der Waals surface area contributed by atoms with E-state index in [1.807, 2.05) is 41.4 Å². The van der Waals surface area contributed by atoms with Crippen LogP contribution in [0.25, 0.3) is 0 Å². The highest BCUT2D eigenvalue weighted by atomic mass is 16.2. The van der Waals surface area contributed by atoms with E-state index < -0.39 is 0 Å². The molecule has 1 aliphatic carbocycles. The summed E-state index contributed by atoms with van der Waals surface area (Å²) in [6.07, 6.45) is 5.47. The number of nitrogens with one attached hydrogen (secondary N) is 1. The number of hydrogen-bond acceptors (Lipinski definition) is 2. The minimum atomic E-state index is -0.00978. The lowest BCUT2D eigenvalue weighted by Crippen LogP contribution is -2.33. The number of aryl methyl sites for hydroxylation is 1. The molecule has 2 heterocycles. The first-order chi connectivity index (χ1) is 11.2. The molecule has 0 spiro atoms. The van der Waals surface area contributed by atoms with Gasteiger partial charge in [0, 0.05) is 36.6 Å². The summed E-state index contributed by atoms with van der Waals surface area (Å²) in [7, 11) is 0. The Bertz CT molecular complexity index is 705. The summed E-state index contributed by atoms with van der Waals surface area (Å²) >= 11 is 0. The van der Waals surface area contributed by atoms with E-state index in [0.29, 0.717) is 12.0 Å². The fourth-order valence-corrected chi connectivity index (χ4v) is 3.44. The number of urea groups is 1. The van der Waals surface area contributed by atoms with Gasteiger partial charge in [0.2, 0.25) is 0 Å². The van der Waals surface area contributed by atoms with E-state index in [1.165, 1.54) is 24.4 Å². The molecular weight excluding hydrogens is 288 g/mol. The number of amides is 2. The van der Waals surface area contributed by atoms with Crippen LogP contribution in [-0.2, 0) is 0 Å². The van der Waals surface area contributed by atoms with Gasteiger partial charge in [-0.1, -0.05) is 18.2 Å². The maximum absolute atomic E-state index is 12.4. The van der Waals surface area contributed by atoms with Crippen LogP contribution in [0.2, 0.25) is 0 Å². The molecule has 5 heteroatoms. The van der Waals surface area contributed by atoms with Crippen molar-refractivity contribution in [3.05, 3.63) is 48.0 Å². The Hall–Kier alpha value is -2.30. The van der Waals surface area contributed by atoms with Crippen molar-refractivity contribution in [3.8, 4) is 0 Å². The van der Waals surface area contributed by atoms with Gasteiger partial charge in [-0.3, -0.25) is 0 Å². The quantitative estimate of drug-likeness (QED) is 0.942. The molecule has 0 radical (unpaired) electrons. The topological polar surface area (TPSA) is 50.2 Å². The van der Waals surface area contributed by atoms with Crippen molar-refractivity contribution in [2.75, 3.05) is 18.4 Å². The molecule has 1 aliphatic heterocycles. The maximum atomic E-state index is 12.4. The molecule has 1 unspecified atom stereocenters. The van der Waals surface area contributed by atoms with E-state index >= 15 is 0 Å². The molecule has 1 aromatic carbocycles. The van der Waals surface area contributed by atoms with Crippen LogP contribution in [0.15, 0.2) is 36.5 Å². The van der Waals surface area contributed by atoms with Crippen LogP contribution in [0.3, 0.4) is 0 Å². The highest BCUT2D eigenvalue weighted by Gasteiger charge is 2.34. The summed E-state index contributed by atoms with van der Waals surface area (Å²) in [5.74, 6) is 1.86. The van der Waals surface area contributed by atoms with Gasteiger partial charge >= 0.3 is 6.03 Å². The van der Waals surface area contributed by atoms with E-state index in [1.54, 1.807) is 0 Å². The zero-order chi connectivity index (χ0) is 15.8. The van der Waals surface area contributed by atoms with Gasteiger partial charge in [-0.2, -0.15) is 0 Å². The number of aromatic nitrogens is 2. The Morgan fingerprint density at radius 3 is 2.74 bits per heavy atom. The fourth-order valence-electron chi connectivity index (χ4n) is 3.44. The average molecular weight is 310 g/mol. The lowest BCUT2D eigenvalue weighted by Gasteiger charge is -2.20. The Labute approximate surface area is 136 Å². The Morgan fingerprint density at radius 2 is 2.00 bits per heavy atom. The van der Waals surface area contributed by atoms with Gasteiger partial charge in [-0.05, 0) is 38.3 Å². The van der Waals surface area contributed by atoms with Crippen LogP contribution in [-0.4, -0.2) is 33.6 Å². The van der Waals surface area contributed by atoms with Crippen molar-refractivity contribution >= 4 is 11.7 Å². The second-order valence-electron chi connectivity index (χ2n) is 6.59. The first-order valence-corrected chi connectivity index (χ1v) is 8.37. The smallest absolute Gasteiger partial charge is 0.321 e. The molecule has 4 rings (SSSR count). The van der Waals surface area contributed by atoms with E-state index in [0.717, 1.165) is 25.2 Å². The number of para-hydroxylation sites is 1. The van der Waals surface area contributed by atoms with Crippen LogP contribution in [0.5, 0.6) is 0 Å². The summed E-state index contributed by atoms with van der Waals surface area (Å²) < 4.78 is 2.37. The van der Waals surface area contributed by atoms with Gasteiger partial charge in [-0.25, -0.2) is 9.78 Å². The predicted octanol–water partition coefficient (Wildman–Crippen LogP) is 3.55. The Balaban J connectivity index is 1.45. The molecule has 2 aliphatic rings. The third kappa shape index (κ3) is 2.83. The molecule has 2 aromatic rings. The van der Waals surface area contributed by atoms with Crippen LogP contribution in [0, 0.1) is 6.92 Å². The third-order valence-corrected chi connectivity index (χ3v) is 4.79. The van der Waals surface area contributed by atoms with Crippen molar-refractivity contribution in [1.29, 1.82) is 0 Å². The third-order valence-electron chi connectivity index (χ3n) is 4.79. The molecule has 1 N–H and O–H groups in total. The minimum Gasteiger partial charge on any atom is -0.327 e. The largest absolute Gasteiger partial charge is 0.327 e. The molecule has 1 atom stereocenters. The highest BCUT2D eigenvalue weighted by Crippen LogP contribution is 2.41. The summed E-state index contributed by atoms with van der Waals surface area (Å²) in [5.41, 5.74) is 2.06. The first-order valence-electron chi connectivity index (χ1n) is 8.37. The van der Waals surface area contributed by atoms with Gasteiger partial charge in [-0.15, -0.1) is 0 Å². The number of hydrogen-bond donors (Lipinski definition) is 1. The number of carbonyl (C=O) groups is 1. The molecule has 5 nitrogen and oxygen atoms in total. The van der Waals surface area contributed by atoms with Crippen molar-refractivity contribution in [2.24, 2.45) is 0 Å². The number of imidazole rings is 1. The molecule has 2 fully saturated rings. The lowest BCUT2D eigenvalue weighted by atomic mass is 10.2. The fraction of sp³-hybridized carbons (Fsp3) is 0.444. The van der Waals surface area contributed by atoms with Crippen LogP contribution in [0.1, 0.15) is 42.7 Å². The molecule has 1 aromatic heterocycles. The van der Waals surface area contributed by atoms with Gasteiger partial charge in [0.05, 0.1) is 6.04 Å². The van der Waals surface area contributed by atoms with Crippen molar-refractivity contribution in [3.63, 3.8) is 0 Å². The standard InChI is InChI=1S/C18H22N4O/c1-13-11-19-17(14-7-8-14)22(13)16-9-10-21(12-16)18(23)20-15-5-3-2-4-6-15/h2-6,11,14,16H,7-10,12H2,1H3,(H,20,23). The molecule has 0 bridgehead atoms. The number of benzene rings is 1. The normalized spacial score (nSPS) is 20.7. The number of rotatable bonds is 3. The average Bonchev–Trinajstić information content (AvgIpc) is 3.15. The second-order valence-corrected chi connectivity index (χ2v) is 6.59. The molecule has 2 amide bonds. The van der Waals surface area contributed by atoms with E-state index in [4.69, 9.17) is 0 Å². The molecular formula is C18H22N4O. The minimum absolute atomic E-state index is 0.00978. The van der Waals surface area contributed by atoms with Crippen molar-refractivity contribution < 1.29 is 4.79 Å². The summed E-state index contributed by atoms with van der Waals surface area (Å²) in [5, 5.41) is 2.98. The number of nitrogens with zero attached hydrogens (tertiary/aromatic N) is 3. The Morgan fingerprint density at radius 1 is 1.22 bits per heavy atom. The number of likely N-dealkylation sites (tertiary alicyclic amines) is 1. The molecule has 1 saturated heterocycles. The lowest BCUT2D eigenvalue weighted by molar-refractivity contribution is 0.220. The monoisotopic (exact) mass is 310 g/mol. The number of carbonyl (C=O) groups excluding carboxylic acids is 1. The maximum Gasteiger partial charge on any atom is 0.321 e. The van der Waals surface area contributed by atoms with E-state index in [-0.39, 0.29) is 6.03 Å². The summed E-state index contributed by atoms with van der Waals surface area (Å²) in [6, 6.07) is 9.98. The van der Waals surface area contributed by atoms with Crippen LogP contribution in [0.4, 0.5) is 10.5 Å². The van der Waals surface area contributed by atoms with Gasteiger partial charge in [0.15, 0.2) is 0 Å². The van der Waals surface area contributed by atoms with Crippen LogP contribution < -0.4 is 5.32 Å². The molecule has 120 valence electrons. The zero-order valence-electron chi connectivity index (χ0n) is 13.4. The Kier molecular flexibility index (Phi) is 3.56. The predicted molar refractivity (Wildman–Crippen MR) is 89.6 cm³/mol. The molecule has 1 saturated carbocycles. The van der Waals surface area contributed by atoms with Gasteiger partial charge in [0.1, 0.15) is 5.82 Å². The summed E-state index contributed by atoms with van der Waals surface area (Å²) in [6.45, 7) is 3.67. The van der Waals surface area contributed by atoms with Crippen molar-refractivity contribution in [1.82, 2.24) is 14.5 Å². The van der Waals surface area contributed by atoms with Gasteiger partial charge in [0.25, 0.3) is 0 Å². The first kappa shape index (κ1) is 14.3. The second kappa shape index (κ2) is 5.72. The SMILES string of the molecule is Cc1cnc(C2CC2)n1C1CCN(C(=O)Nc2ccccc2)C1. The van der Waals surface area contributed by atoms with E-state index in [2.05, 4.69) is 21.8 Å². The molecule has 23 heavy (non-hydrogen) atoms. The highest BCUT2D eigenvalue weighted by molar-refractivity contribution is 5.89. The summed E-state index contributed by atoms with van der Waals surface area (Å²) in [4.78, 5) is 19.0. The van der Waals surface area contributed by atoms with Gasteiger partial charge < -0.3 is 14.8 Å². The number of anilines is 1. The zero-order valence-corrected chi connectivity index (χ0v) is 13.4. The van der Waals surface area contributed by atoms with Crippen molar-refractivity contribution in [2.45, 2.75) is 38.1 Å².